The summed E-state index contributed by atoms with van der Waals surface area (Å²) in [7, 11) is 1.68. The van der Waals surface area contributed by atoms with Crippen molar-refractivity contribution < 1.29 is 4.74 Å². The Bertz CT molecular complexity index is 537. The zero-order chi connectivity index (χ0) is 11.9. The van der Waals surface area contributed by atoms with Crippen molar-refractivity contribution in [2.75, 3.05) is 13.7 Å². The van der Waals surface area contributed by atoms with Gasteiger partial charge in [0.15, 0.2) is 0 Å². The minimum absolute atomic E-state index is 0.0821. The van der Waals surface area contributed by atoms with Gasteiger partial charge in [-0.05, 0) is 25.0 Å². The zero-order valence-electron chi connectivity index (χ0n) is 10.0. The summed E-state index contributed by atoms with van der Waals surface area (Å²) in [5.41, 5.74) is 7.12. The van der Waals surface area contributed by atoms with Crippen LogP contribution in [0.25, 0.3) is 5.52 Å². The molecule has 1 aliphatic rings. The Kier molecular flexibility index (Phi) is 2.33. The number of ether oxygens (including phenoxy) is 1. The third kappa shape index (κ3) is 1.44. The predicted octanol–water partition coefficient (Wildman–Crippen LogP) is 1.72. The van der Waals surface area contributed by atoms with Crippen LogP contribution in [0.5, 0.6) is 5.75 Å². The highest BCUT2D eigenvalue weighted by Crippen LogP contribution is 2.42. The molecule has 0 unspecified atom stereocenters. The van der Waals surface area contributed by atoms with Crippen LogP contribution in [0.3, 0.4) is 0 Å². The Hall–Kier alpha value is -1.55. The van der Waals surface area contributed by atoms with Gasteiger partial charge in [-0.25, -0.2) is 4.98 Å². The van der Waals surface area contributed by atoms with Crippen LogP contribution in [0.2, 0.25) is 0 Å². The molecule has 0 radical (unpaired) electrons. The molecule has 2 aromatic rings. The first-order valence-electron chi connectivity index (χ1n) is 6.01. The average molecular weight is 231 g/mol. The maximum absolute atomic E-state index is 5.94. The van der Waals surface area contributed by atoms with Crippen molar-refractivity contribution in [2.45, 2.75) is 24.7 Å². The van der Waals surface area contributed by atoms with Gasteiger partial charge in [-0.3, -0.25) is 4.40 Å². The number of imidazole rings is 1. The molecule has 0 aromatic carbocycles. The first-order valence-corrected chi connectivity index (χ1v) is 6.01. The highest BCUT2D eigenvalue weighted by molar-refractivity contribution is 5.49. The van der Waals surface area contributed by atoms with Crippen molar-refractivity contribution in [2.24, 2.45) is 5.73 Å². The van der Waals surface area contributed by atoms with Crippen LogP contribution < -0.4 is 10.5 Å². The third-order valence-electron chi connectivity index (χ3n) is 3.91. The second-order valence-electron chi connectivity index (χ2n) is 4.78. The molecule has 4 nitrogen and oxygen atoms in total. The number of fused-ring (bicyclic) bond motifs is 1. The molecule has 4 heteroatoms. The van der Waals surface area contributed by atoms with Crippen LogP contribution in [0.15, 0.2) is 24.5 Å². The van der Waals surface area contributed by atoms with Crippen LogP contribution in [-0.2, 0) is 5.41 Å². The number of hydrogen-bond acceptors (Lipinski definition) is 3. The molecule has 1 fully saturated rings. The number of aromatic nitrogens is 2. The first kappa shape index (κ1) is 10.6. The molecule has 0 aliphatic heterocycles. The van der Waals surface area contributed by atoms with Gasteiger partial charge in [-0.2, -0.15) is 0 Å². The summed E-state index contributed by atoms with van der Waals surface area (Å²) in [5.74, 6) is 1.93. The van der Waals surface area contributed by atoms with E-state index in [1.54, 1.807) is 7.11 Å². The Labute approximate surface area is 100 Å². The quantitative estimate of drug-likeness (QED) is 0.875. The average Bonchev–Trinajstić information content (AvgIpc) is 2.72. The van der Waals surface area contributed by atoms with Crippen molar-refractivity contribution in [1.82, 2.24) is 9.38 Å². The molecule has 0 saturated heterocycles. The second-order valence-corrected chi connectivity index (χ2v) is 4.78. The van der Waals surface area contributed by atoms with Crippen molar-refractivity contribution in [3.8, 4) is 5.75 Å². The lowest BCUT2D eigenvalue weighted by Crippen LogP contribution is -2.43. The van der Waals surface area contributed by atoms with Gasteiger partial charge in [-0.1, -0.05) is 6.42 Å². The number of rotatable bonds is 3. The minimum Gasteiger partial charge on any atom is -0.495 e. The van der Waals surface area contributed by atoms with Crippen molar-refractivity contribution in [3.05, 3.63) is 30.4 Å². The predicted molar refractivity (Wildman–Crippen MR) is 66.3 cm³/mol. The molecule has 0 amide bonds. The summed E-state index contributed by atoms with van der Waals surface area (Å²) in [4.78, 5) is 4.56. The van der Waals surface area contributed by atoms with E-state index in [1.165, 1.54) is 6.42 Å². The summed E-state index contributed by atoms with van der Waals surface area (Å²) >= 11 is 0. The van der Waals surface area contributed by atoms with E-state index in [0.29, 0.717) is 6.54 Å². The van der Waals surface area contributed by atoms with Gasteiger partial charge in [-0.15, -0.1) is 0 Å². The first-order chi connectivity index (χ1) is 8.29. The van der Waals surface area contributed by atoms with Crippen LogP contribution in [0.4, 0.5) is 0 Å². The number of nitrogens with zero attached hydrogens (tertiary/aromatic N) is 2. The van der Waals surface area contributed by atoms with E-state index in [-0.39, 0.29) is 5.41 Å². The minimum atomic E-state index is 0.0821. The van der Waals surface area contributed by atoms with Gasteiger partial charge in [0.1, 0.15) is 11.6 Å². The monoisotopic (exact) mass is 231 g/mol. The van der Waals surface area contributed by atoms with Crippen LogP contribution >= 0.6 is 0 Å². The molecule has 17 heavy (non-hydrogen) atoms. The lowest BCUT2D eigenvalue weighted by atomic mass is 9.68. The summed E-state index contributed by atoms with van der Waals surface area (Å²) in [6.07, 6.45) is 7.42. The fourth-order valence-electron chi connectivity index (χ4n) is 2.61. The summed E-state index contributed by atoms with van der Waals surface area (Å²) in [6, 6.07) is 3.98. The molecular formula is C13H17N3O. The second kappa shape index (κ2) is 3.74. The Morgan fingerprint density at radius 1 is 1.47 bits per heavy atom. The van der Waals surface area contributed by atoms with Gasteiger partial charge >= 0.3 is 0 Å². The van der Waals surface area contributed by atoms with Crippen molar-refractivity contribution >= 4 is 5.52 Å². The van der Waals surface area contributed by atoms with Crippen molar-refractivity contribution in [1.29, 1.82) is 0 Å². The third-order valence-corrected chi connectivity index (χ3v) is 3.91. The van der Waals surface area contributed by atoms with E-state index in [0.717, 1.165) is 29.9 Å². The molecular weight excluding hydrogens is 214 g/mol. The highest BCUT2D eigenvalue weighted by atomic mass is 16.5. The number of methoxy groups -OCH3 is 1. The molecule has 3 rings (SSSR count). The fraction of sp³-hybridized carbons (Fsp3) is 0.462. The zero-order valence-corrected chi connectivity index (χ0v) is 10.0. The smallest absolute Gasteiger partial charge is 0.135 e. The summed E-state index contributed by atoms with van der Waals surface area (Å²) < 4.78 is 7.38. The van der Waals surface area contributed by atoms with Crippen LogP contribution in [-0.4, -0.2) is 23.0 Å². The maximum Gasteiger partial charge on any atom is 0.135 e. The molecule has 0 atom stereocenters. The molecule has 2 aromatic heterocycles. The Morgan fingerprint density at radius 3 is 2.88 bits per heavy atom. The fourth-order valence-corrected chi connectivity index (χ4v) is 2.61. The van der Waals surface area contributed by atoms with E-state index in [9.17, 15) is 0 Å². The van der Waals surface area contributed by atoms with E-state index in [4.69, 9.17) is 10.5 Å². The van der Waals surface area contributed by atoms with E-state index in [2.05, 4.69) is 9.38 Å². The largest absolute Gasteiger partial charge is 0.495 e. The SMILES string of the molecule is COc1ccc2cnc(C3(CN)CCC3)n2c1. The highest BCUT2D eigenvalue weighted by Gasteiger charge is 2.40. The lowest BCUT2D eigenvalue weighted by molar-refractivity contribution is 0.237. The molecule has 90 valence electrons. The van der Waals surface area contributed by atoms with E-state index in [1.807, 2.05) is 24.5 Å². The Morgan fingerprint density at radius 2 is 2.29 bits per heavy atom. The number of nitrogens with two attached hydrogens (primary N) is 1. The molecule has 2 N–H and O–H groups in total. The normalized spacial score (nSPS) is 18.0. The van der Waals surface area contributed by atoms with Gasteiger partial charge in [0, 0.05) is 12.0 Å². The molecule has 0 spiro atoms. The molecule has 1 aliphatic carbocycles. The molecule has 0 bridgehead atoms. The number of pyridine rings is 1. The Balaban J connectivity index is 2.16. The van der Waals surface area contributed by atoms with Crippen LogP contribution in [0, 0.1) is 0 Å². The summed E-state index contributed by atoms with van der Waals surface area (Å²) in [6.45, 7) is 0.670. The van der Waals surface area contributed by atoms with Crippen LogP contribution in [0.1, 0.15) is 25.1 Å². The van der Waals surface area contributed by atoms with E-state index < -0.39 is 0 Å². The summed E-state index contributed by atoms with van der Waals surface area (Å²) in [5, 5.41) is 0. The maximum atomic E-state index is 5.94. The van der Waals surface area contributed by atoms with Gasteiger partial charge in [0.05, 0.1) is 25.0 Å². The standard InChI is InChI=1S/C13H17N3O/c1-17-11-4-3-10-7-15-12(16(10)8-11)13(9-14)5-2-6-13/h3-4,7-8H,2,5-6,9,14H2,1H3. The van der Waals surface area contributed by atoms with Gasteiger partial charge in [0.25, 0.3) is 0 Å². The van der Waals surface area contributed by atoms with Gasteiger partial charge < -0.3 is 10.5 Å². The molecule has 2 heterocycles. The van der Waals surface area contributed by atoms with Crippen molar-refractivity contribution in [3.63, 3.8) is 0 Å². The molecule has 1 saturated carbocycles. The number of hydrogen-bond donors (Lipinski definition) is 1. The topological polar surface area (TPSA) is 52.5 Å². The lowest BCUT2D eigenvalue weighted by Gasteiger charge is -2.39. The van der Waals surface area contributed by atoms with Gasteiger partial charge in [0.2, 0.25) is 0 Å². The van der Waals surface area contributed by atoms with E-state index >= 15 is 0 Å².